The van der Waals surface area contributed by atoms with Crippen molar-refractivity contribution in [2.75, 3.05) is 5.32 Å². The lowest BCUT2D eigenvalue weighted by Crippen LogP contribution is -2.13. The van der Waals surface area contributed by atoms with Crippen LogP contribution in [0.5, 0.6) is 5.75 Å². The van der Waals surface area contributed by atoms with Gasteiger partial charge in [0.2, 0.25) is 0 Å². The zero-order chi connectivity index (χ0) is 19.2. The molecule has 5 nitrogen and oxygen atoms in total. The maximum Gasteiger partial charge on any atom is 0.255 e. The summed E-state index contributed by atoms with van der Waals surface area (Å²) in [5, 5.41) is 2.87. The molecule has 3 N–H and O–H groups in total. The van der Waals surface area contributed by atoms with Crippen LogP contribution in [-0.4, -0.2) is 11.8 Å². The van der Waals surface area contributed by atoms with E-state index < -0.39 is 5.91 Å². The number of nitrogens with two attached hydrogens (primary N) is 1. The SMILES string of the molecule is NC(=O)c1ccccc1OCc1cccc(C(=O)Nc2ccc(I)cc2)c1. The smallest absolute Gasteiger partial charge is 0.255 e. The number of nitrogens with one attached hydrogen (secondary N) is 1. The summed E-state index contributed by atoms with van der Waals surface area (Å²) in [6.45, 7) is 0.217. The highest BCUT2D eigenvalue weighted by Gasteiger charge is 2.10. The van der Waals surface area contributed by atoms with Gasteiger partial charge in [0.05, 0.1) is 5.56 Å². The van der Waals surface area contributed by atoms with Gasteiger partial charge in [0.25, 0.3) is 11.8 Å². The molecule has 0 saturated carbocycles. The van der Waals surface area contributed by atoms with Crippen LogP contribution in [0.15, 0.2) is 72.8 Å². The van der Waals surface area contributed by atoms with Crippen LogP contribution >= 0.6 is 22.6 Å². The van der Waals surface area contributed by atoms with E-state index in [4.69, 9.17) is 10.5 Å². The molecular formula is C21H17IN2O3. The van der Waals surface area contributed by atoms with Crippen molar-refractivity contribution in [2.24, 2.45) is 5.73 Å². The van der Waals surface area contributed by atoms with E-state index in [9.17, 15) is 9.59 Å². The molecule has 0 bridgehead atoms. The molecular weight excluding hydrogens is 455 g/mol. The summed E-state index contributed by atoms with van der Waals surface area (Å²) < 4.78 is 6.82. The molecule has 27 heavy (non-hydrogen) atoms. The van der Waals surface area contributed by atoms with Crippen LogP contribution in [0.2, 0.25) is 0 Å². The highest BCUT2D eigenvalue weighted by molar-refractivity contribution is 14.1. The highest BCUT2D eigenvalue weighted by Crippen LogP contribution is 2.19. The van der Waals surface area contributed by atoms with Crippen molar-refractivity contribution in [1.29, 1.82) is 0 Å². The fourth-order valence-corrected chi connectivity index (χ4v) is 2.86. The van der Waals surface area contributed by atoms with Gasteiger partial charge in [0, 0.05) is 14.8 Å². The third-order valence-electron chi connectivity index (χ3n) is 3.84. The maximum absolute atomic E-state index is 12.5. The molecule has 3 rings (SSSR count). The van der Waals surface area contributed by atoms with Crippen LogP contribution in [0.4, 0.5) is 5.69 Å². The van der Waals surface area contributed by atoms with Gasteiger partial charge in [0.15, 0.2) is 0 Å². The Balaban J connectivity index is 1.69. The number of para-hydroxylation sites is 1. The van der Waals surface area contributed by atoms with Gasteiger partial charge >= 0.3 is 0 Å². The van der Waals surface area contributed by atoms with E-state index in [-0.39, 0.29) is 12.5 Å². The molecule has 0 heterocycles. The van der Waals surface area contributed by atoms with Crippen molar-refractivity contribution in [3.63, 3.8) is 0 Å². The van der Waals surface area contributed by atoms with Crippen LogP contribution in [-0.2, 0) is 6.61 Å². The summed E-state index contributed by atoms with van der Waals surface area (Å²) in [6.07, 6.45) is 0. The largest absolute Gasteiger partial charge is 0.488 e. The normalized spacial score (nSPS) is 10.3. The maximum atomic E-state index is 12.5. The molecule has 3 aromatic carbocycles. The minimum atomic E-state index is -0.545. The van der Waals surface area contributed by atoms with Crippen molar-refractivity contribution in [2.45, 2.75) is 6.61 Å². The summed E-state index contributed by atoms with van der Waals surface area (Å²) in [6, 6.07) is 21.5. The number of anilines is 1. The Morgan fingerprint density at radius 1 is 0.963 bits per heavy atom. The van der Waals surface area contributed by atoms with Gasteiger partial charge in [-0.25, -0.2) is 0 Å². The summed E-state index contributed by atoms with van der Waals surface area (Å²) in [4.78, 5) is 23.9. The molecule has 0 aromatic heterocycles. The Hall–Kier alpha value is -2.87. The standard InChI is InChI=1S/C21H17IN2O3/c22-16-8-10-17(11-9-16)24-21(26)15-5-3-4-14(12-15)13-27-19-7-2-1-6-18(19)20(23)25/h1-12H,13H2,(H2,23,25)(H,24,26). The summed E-state index contributed by atoms with van der Waals surface area (Å²) >= 11 is 2.21. The molecule has 0 fully saturated rings. The molecule has 0 radical (unpaired) electrons. The zero-order valence-electron chi connectivity index (χ0n) is 14.3. The molecule has 136 valence electrons. The molecule has 0 aliphatic heterocycles. The van der Waals surface area contributed by atoms with E-state index in [1.54, 1.807) is 42.5 Å². The number of hydrogen-bond acceptors (Lipinski definition) is 3. The quantitative estimate of drug-likeness (QED) is 0.528. The Kier molecular flexibility index (Phi) is 6.08. The van der Waals surface area contributed by atoms with Crippen molar-refractivity contribution < 1.29 is 14.3 Å². The average molecular weight is 472 g/mol. The van der Waals surface area contributed by atoms with Crippen molar-refractivity contribution in [1.82, 2.24) is 0 Å². The number of primary amides is 1. The summed E-state index contributed by atoms with van der Waals surface area (Å²) in [5.74, 6) is -0.328. The van der Waals surface area contributed by atoms with Crippen LogP contribution in [0.1, 0.15) is 26.3 Å². The topological polar surface area (TPSA) is 81.4 Å². The summed E-state index contributed by atoms with van der Waals surface area (Å²) in [5.41, 5.74) is 7.75. The van der Waals surface area contributed by atoms with E-state index in [1.165, 1.54) is 0 Å². The third-order valence-corrected chi connectivity index (χ3v) is 4.56. The Labute approximate surface area is 170 Å². The second kappa shape index (κ2) is 8.68. The second-order valence-corrected chi connectivity index (χ2v) is 7.06. The molecule has 0 aliphatic carbocycles. The molecule has 3 aromatic rings. The average Bonchev–Trinajstić information content (AvgIpc) is 2.68. The van der Waals surface area contributed by atoms with Gasteiger partial charge in [-0.2, -0.15) is 0 Å². The summed E-state index contributed by atoms with van der Waals surface area (Å²) in [7, 11) is 0. The molecule has 0 saturated heterocycles. The Morgan fingerprint density at radius 3 is 2.44 bits per heavy atom. The van der Waals surface area contributed by atoms with E-state index in [0.29, 0.717) is 16.9 Å². The second-order valence-electron chi connectivity index (χ2n) is 5.81. The van der Waals surface area contributed by atoms with E-state index in [1.807, 2.05) is 30.3 Å². The van der Waals surface area contributed by atoms with Gasteiger partial charge < -0.3 is 15.8 Å². The van der Waals surface area contributed by atoms with Crippen LogP contribution in [0.3, 0.4) is 0 Å². The number of amides is 2. The number of hydrogen-bond donors (Lipinski definition) is 2. The highest BCUT2D eigenvalue weighted by atomic mass is 127. The number of carbonyl (C=O) groups is 2. The molecule has 0 atom stereocenters. The lowest BCUT2D eigenvalue weighted by atomic mass is 10.1. The fourth-order valence-electron chi connectivity index (χ4n) is 2.50. The van der Waals surface area contributed by atoms with Gasteiger partial charge in [-0.05, 0) is 76.7 Å². The van der Waals surface area contributed by atoms with E-state index in [2.05, 4.69) is 27.9 Å². The van der Waals surface area contributed by atoms with Crippen LogP contribution in [0, 0.1) is 3.57 Å². The minimum Gasteiger partial charge on any atom is -0.488 e. The first-order valence-electron chi connectivity index (χ1n) is 8.20. The Bertz CT molecular complexity index is 971. The van der Waals surface area contributed by atoms with Gasteiger partial charge in [-0.3, -0.25) is 9.59 Å². The van der Waals surface area contributed by atoms with Crippen molar-refractivity contribution in [3.8, 4) is 5.75 Å². The molecule has 0 aliphatic rings. The Morgan fingerprint density at radius 2 is 1.70 bits per heavy atom. The predicted octanol–water partition coefficient (Wildman–Crippen LogP) is 4.22. The number of carbonyl (C=O) groups excluding carboxylic acids is 2. The molecule has 0 spiro atoms. The van der Waals surface area contributed by atoms with Crippen LogP contribution in [0.25, 0.3) is 0 Å². The number of rotatable bonds is 6. The molecule has 2 amide bonds. The third kappa shape index (κ3) is 5.07. The van der Waals surface area contributed by atoms with Gasteiger partial charge in [0.1, 0.15) is 12.4 Å². The lowest BCUT2D eigenvalue weighted by molar-refractivity contribution is 0.0994. The lowest BCUT2D eigenvalue weighted by Gasteiger charge is -2.11. The minimum absolute atomic E-state index is 0.199. The monoisotopic (exact) mass is 472 g/mol. The van der Waals surface area contributed by atoms with E-state index in [0.717, 1.165) is 14.8 Å². The zero-order valence-corrected chi connectivity index (χ0v) is 16.5. The number of halogens is 1. The van der Waals surface area contributed by atoms with E-state index >= 15 is 0 Å². The van der Waals surface area contributed by atoms with Crippen molar-refractivity contribution >= 4 is 40.1 Å². The van der Waals surface area contributed by atoms with Gasteiger partial charge in [-0.1, -0.05) is 24.3 Å². The first kappa shape index (κ1) is 18.9. The van der Waals surface area contributed by atoms with Crippen molar-refractivity contribution in [3.05, 3.63) is 93.1 Å². The number of benzene rings is 3. The fraction of sp³-hybridized carbons (Fsp3) is 0.0476. The van der Waals surface area contributed by atoms with Crippen LogP contribution < -0.4 is 15.8 Å². The predicted molar refractivity (Wildman–Crippen MR) is 113 cm³/mol. The molecule has 0 unspecified atom stereocenters. The first-order valence-corrected chi connectivity index (χ1v) is 9.28. The number of ether oxygens (including phenoxy) is 1. The van der Waals surface area contributed by atoms with Gasteiger partial charge in [-0.15, -0.1) is 0 Å². The molecule has 6 heteroatoms. The first-order chi connectivity index (χ1) is 13.0.